The molecule has 43 heavy (non-hydrogen) atoms. The molecular formula is C43H30. The summed E-state index contributed by atoms with van der Waals surface area (Å²) in [5.41, 5.74) is 10.6. The lowest BCUT2D eigenvalue weighted by Crippen LogP contribution is -2.14. The molecule has 0 heteroatoms. The van der Waals surface area contributed by atoms with Gasteiger partial charge in [0.05, 0.1) is 0 Å². The third kappa shape index (κ3) is 3.44. The minimum atomic E-state index is -0.0303. The molecule has 0 amide bonds. The van der Waals surface area contributed by atoms with E-state index in [9.17, 15) is 0 Å². The minimum absolute atomic E-state index is 0.0303. The molecule has 0 N–H and O–H groups in total. The summed E-state index contributed by atoms with van der Waals surface area (Å²) < 4.78 is 0. The Balaban J connectivity index is 1.32. The van der Waals surface area contributed by atoms with Crippen molar-refractivity contribution in [1.29, 1.82) is 0 Å². The molecule has 1 aliphatic rings. The van der Waals surface area contributed by atoms with Crippen LogP contribution in [0.15, 0.2) is 146 Å². The first-order valence-electron chi connectivity index (χ1n) is 15.2. The molecule has 0 spiro atoms. The lowest BCUT2D eigenvalue weighted by molar-refractivity contribution is 0.661. The van der Waals surface area contributed by atoms with Crippen LogP contribution >= 0.6 is 0 Å². The second-order valence-electron chi connectivity index (χ2n) is 12.5. The monoisotopic (exact) mass is 546 g/mol. The summed E-state index contributed by atoms with van der Waals surface area (Å²) in [4.78, 5) is 0. The maximum Gasteiger partial charge on any atom is 0.0159 e. The highest BCUT2D eigenvalue weighted by Gasteiger charge is 2.35. The van der Waals surface area contributed by atoms with E-state index >= 15 is 0 Å². The fourth-order valence-electron chi connectivity index (χ4n) is 7.74. The summed E-state index contributed by atoms with van der Waals surface area (Å²) in [5, 5.41) is 10.5. The molecule has 8 aromatic rings. The highest BCUT2D eigenvalue weighted by Crippen LogP contribution is 2.51. The van der Waals surface area contributed by atoms with Crippen molar-refractivity contribution in [2.75, 3.05) is 0 Å². The van der Waals surface area contributed by atoms with Crippen LogP contribution in [0.3, 0.4) is 0 Å². The maximum atomic E-state index is 2.49. The van der Waals surface area contributed by atoms with Crippen molar-refractivity contribution in [3.63, 3.8) is 0 Å². The molecule has 1 aliphatic carbocycles. The Labute approximate surface area is 251 Å². The molecule has 0 nitrogen and oxygen atoms in total. The summed E-state index contributed by atoms with van der Waals surface area (Å²) in [6.07, 6.45) is 0. The van der Waals surface area contributed by atoms with Crippen LogP contribution in [-0.4, -0.2) is 0 Å². The topological polar surface area (TPSA) is 0 Å². The first kappa shape index (κ1) is 24.4. The number of hydrogen-bond acceptors (Lipinski definition) is 0. The van der Waals surface area contributed by atoms with Gasteiger partial charge in [-0.25, -0.2) is 0 Å². The van der Waals surface area contributed by atoms with Gasteiger partial charge < -0.3 is 0 Å². The number of hydrogen-bond donors (Lipinski definition) is 0. The van der Waals surface area contributed by atoms with E-state index in [4.69, 9.17) is 0 Å². The minimum Gasteiger partial charge on any atom is -0.0622 e. The Kier molecular flexibility index (Phi) is 5.05. The van der Waals surface area contributed by atoms with Gasteiger partial charge in [0.2, 0.25) is 0 Å². The summed E-state index contributed by atoms with van der Waals surface area (Å²) >= 11 is 0. The van der Waals surface area contributed by atoms with E-state index in [1.165, 1.54) is 87.6 Å². The lowest BCUT2D eigenvalue weighted by atomic mass is 9.81. The first-order valence-corrected chi connectivity index (χ1v) is 15.2. The zero-order valence-corrected chi connectivity index (χ0v) is 24.4. The van der Waals surface area contributed by atoms with Crippen LogP contribution in [0, 0.1) is 0 Å². The van der Waals surface area contributed by atoms with Gasteiger partial charge in [-0.3, -0.25) is 0 Å². The predicted octanol–water partition coefficient (Wildman–Crippen LogP) is 11.9. The second-order valence-corrected chi connectivity index (χ2v) is 12.5. The standard InChI is InChI=1S/C43H30/c1-43(2)41-19-11-10-18-36(41)40-25-38-34-17-9-8-16-33(34)37-24-28(20-21-35(37)39(38)26-42(40)43)30-23-22-29(27-12-4-3-5-13-27)31-14-6-7-15-32(30)31/h3-26H,1-2H3. The van der Waals surface area contributed by atoms with Gasteiger partial charge in [-0.05, 0) is 106 Å². The van der Waals surface area contributed by atoms with Crippen molar-refractivity contribution >= 4 is 43.1 Å². The molecule has 8 aromatic carbocycles. The Morgan fingerprint density at radius 3 is 1.56 bits per heavy atom. The van der Waals surface area contributed by atoms with E-state index in [2.05, 4.69) is 159 Å². The zero-order valence-electron chi connectivity index (χ0n) is 24.4. The Bertz CT molecular complexity index is 2410. The molecule has 202 valence electrons. The fraction of sp³-hybridized carbons (Fsp3) is 0.0698. The molecular weight excluding hydrogens is 516 g/mol. The molecule has 0 saturated heterocycles. The van der Waals surface area contributed by atoms with Crippen molar-refractivity contribution in [2.24, 2.45) is 0 Å². The molecule has 0 aromatic heterocycles. The van der Waals surface area contributed by atoms with Gasteiger partial charge in [0.25, 0.3) is 0 Å². The normalized spacial score (nSPS) is 13.5. The molecule has 9 rings (SSSR count). The van der Waals surface area contributed by atoms with E-state index < -0.39 is 0 Å². The predicted molar refractivity (Wildman–Crippen MR) is 185 cm³/mol. The lowest BCUT2D eigenvalue weighted by Gasteiger charge is -2.22. The van der Waals surface area contributed by atoms with E-state index in [1.54, 1.807) is 0 Å². The molecule has 0 unspecified atom stereocenters. The SMILES string of the molecule is CC1(C)c2ccccc2-c2cc3c4ccccc4c4cc(-c5ccc(-c6ccccc6)c6ccccc56)ccc4c3cc21. The average molecular weight is 547 g/mol. The quantitative estimate of drug-likeness (QED) is 0.189. The fourth-order valence-corrected chi connectivity index (χ4v) is 7.74. The van der Waals surface area contributed by atoms with Crippen LogP contribution in [0.2, 0.25) is 0 Å². The third-order valence-electron chi connectivity index (χ3n) is 9.86. The smallest absolute Gasteiger partial charge is 0.0159 e. The summed E-state index contributed by atoms with van der Waals surface area (Å²) in [5.74, 6) is 0. The van der Waals surface area contributed by atoms with Crippen LogP contribution in [0.25, 0.3) is 76.5 Å². The Hall–Kier alpha value is -5.20. The highest BCUT2D eigenvalue weighted by molar-refractivity contribution is 6.27. The largest absolute Gasteiger partial charge is 0.0622 e. The summed E-state index contributed by atoms with van der Waals surface area (Å²) in [6, 6.07) is 54.1. The summed E-state index contributed by atoms with van der Waals surface area (Å²) in [6.45, 7) is 4.74. The molecule has 0 heterocycles. The second kappa shape index (κ2) is 8.90. The van der Waals surface area contributed by atoms with E-state index in [0.29, 0.717) is 0 Å². The van der Waals surface area contributed by atoms with Crippen LogP contribution in [0.4, 0.5) is 0 Å². The highest BCUT2D eigenvalue weighted by atomic mass is 14.4. The van der Waals surface area contributed by atoms with Crippen molar-refractivity contribution < 1.29 is 0 Å². The van der Waals surface area contributed by atoms with Crippen molar-refractivity contribution in [3.8, 4) is 33.4 Å². The van der Waals surface area contributed by atoms with Crippen molar-refractivity contribution in [3.05, 3.63) is 157 Å². The van der Waals surface area contributed by atoms with E-state index in [1.807, 2.05) is 0 Å². The van der Waals surface area contributed by atoms with Crippen LogP contribution in [0.1, 0.15) is 25.0 Å². The van der Waals surface area contributed by atoms with Gasteiger partial charge >= 0.3 is 0 Å². The molecule has 0 bridgehead atoms. The molecule has 0 radical (unpaired) electrons. The summed E-state index contributed by atoms with van der Waals surface area (Å²) in [7, 11) is 0. The van der Waals surface area contributed by atoms with Crippen LogP contribution in [-0.2, 0) is 5.41 Å². The zero-order chi connectivity index (χ0) is 28.7. The third-order valence-corrected chi connectivity index (χ3v) is 9.86. The van der Waals surface area contributed by atoms with Gasteiger partial charge in [-0.15, -0.1) is 0 Å². The van der Waals surface area contributed by atoms with Gasteiger partial charge in [0.15, 0.2) is 0 Å². The molecule has 0 atom stereocenters. The average Bonchev–Trinajstić information content (AvgIpc) is 3.29. The Morgan fingerprint density at radius 1 is 0.302 bits per heavy atom. The van der Waals surface area contributed by atoms with Crippen molar-refractivity contribution in [1.82, 2.24) is 0 Å². The molecule has 0 aliphatic heterocycles. The number of benzene rings is 8. The van der Waals surface area contributed by atoms with Gasteiger partial charge in [0, 0.05) is 5.41 Å². The number of fused-ring (bicyclic) bond motifs is 10. The van der Waals surface area contributed by atoms with E-state index in [0.717, 1.165) is 0 Å². The van der Waals surface area contributed by atoms with Crippen molar-refractivity contribution in [2.45, 2.75) is 19.3 Å². The molecule has 0 saturated carbocycles. The van der Waals surface area contributed by atoms with Gasteiger partial charge in [-0.1, -0.05) is 141 Å². The first-order chi connectivity index (χ1) is 21.1. The number of rotatable bonds is 2. The van der Waals surface area contributed by atoms with Crippen LogP contribution < -0.4 is 0 Å². The Morgan fingerprint density at radius 2 is 0.837 bits per heavy atom. The van der Waals surface area contributed by atoms with Gasteiger partial charge in [0.1, 0.15) is 0 Å². The van der Waals surface area contributed by atoms with Crippen LogP contribution in [0.5, 0.6) is 0 Å². The van der Waals surface area contributed by atoms with Gasteiger partial charge in [-0.2, -0.15) is 0 Å². The maximum absolute atomic E-state index is 2.49. The van der Waals surface area contributed by atoms with E-state index in [-0.39, 0.29) is 5.41 Å². The molecule has 0 fully saturated rings.